The molecule has 1 heterocycles. The van der Waals surface area contributed by atoms with Crippen molar-refractivity contribution in [3.63, 3.8) is 0 Å². The normalized spacial score (nSPS) is 34.3. The summed E-state index contributed by atoms with van der Waals surface area (Å²) in [5.41, 5.74) is 0. The maximum atomic E-state index is 12.0. The summed E-state index contributed by atoms with van der Waals surface area (Å²) in [4.78, 5) is 11.2. The Morgan fingerprint density at radius 1 is 1.33 bits per heavy atom. The minimum Gasteiger partial charge on any atom is -0.377 e. The number of carbonyl (C=O) groups excluding carboxylic acids is 1. The number of ketones is 1. The van der Waals surface area contributed by atoms with Crippen LogP contribution < -0.4 is 0 Å². The lowest BCUT2D eigenvalue weighted by Gasteiger charge is -2.21. The summed E-state index contributed by atoms with van der Waals surface area (Å²) in [7, 11) is -0.863. The second-order valence-electron chi connectivity index (χ2n) is 4.44. The smallest absolute Gasteiger partial charge is 0.134 e. The van der Waals surface area contributed by atoms with Gasteiger partial charge in [-0.2, -0.15) is 0 Å². The van der Waals surface area contributed by atoms with Crippen LogP contribution in [0.15, 0.2) is 0 Å². The van der Waals surface area contributed by atoms with Crippen molar-refractivity contribution in [3.8, 4) is 0 Å². The van der Waals surface area contributed by atoms with Crippen molar-refractivity contribution in [2.75, 3.05) is 12.4 Å². The second-order valence-corrected chi connectivity index (χ2v) is 6.20. The van der Waals surface area contributed by atoms with Gasteiger partial charge in [-0.1, -0.05) is 0 Å². The quantitative estimate of drug-likeness (QED) is 0.736. The molecule has 2 rings (SSSR count). The van der Waals surface area contributed by atoms with Crippen LogP contribution in [0.5, 0.6) is 0 Å². The molecule has 3 atom stereocenters. The van der Waals surface area contributed by atoms with Crippen LogP contribution in [0.1, 0.15) is 38.5 Å². The Balaban J connectivity index is 1.81. The van der Waals surface area contributed by atoms with E-state index in [1.807, 2.05) is 0 Å². The monoisotopic (exact) mass is 230 g/mol. The number of rotatable bonds is 3. The molecule has 1 saturated carbocycles. The SMILES string of the molecule is O=C1CCCC(S(=O)CC2CCCO2)C1. The van der Waals surface area contributed by atoms with Gasteiger partial charge in [0.15, 0.2) is 0 Å². The van der Waals surface area contributed by atoms with Gasteiger partial charge in [0.05, 0.1) is 11.9 Å². The van der Waals surface area contributed by atoms with E-state index in [4.69, 9.17) is 4.74 Å². The minimum absolute atomic E-state index is 0.107. The van der Waals surface area contributed by atoms with Crippen molar-refractivity contribution < 1.29 is 13.7 Å². The van der Waals surface area contributed by atoms with E-state index in [-0.39, 0.29) is 17.1 Å². The van der Waals surface area contributed by atoms with E-state index in [1.165, 1.54) is 0 Å². The lowest BCUT2D eigenvalue weighted by molar-refractivity contribution is -0.120. The van der Waals surface area contributed by atoms with Crippen molar-refractivity contribution in [2.24, 2.45) is 0 Å². The molecule has 3 nitrogen and oxygen atoms in total. The van der Waals surface area contributed by atoms with E-state index in [1.54, 1.807) is 0 Å². The van der Waals surface area contributed by atoms with Gasteiger partial charge in [-0.25, -0.2) is 0 Å². The maximum absolute atomic E-state index is 12.0. The molecular weight excluding hydrogens is 212 g/mol. The molecule has 2 fully saturated rings. The highest BCUT2D eigenvalue weighted by Crippen LogP contribution is 2.22. The van der Waals surface area contributed by atoms with Crippen LogP contribution in [0.3, 0.4) is 0 Å². The number of hydrogen-bond donors (Lipinski definition) is 0. The molecule has 0 aromatic heterocycles. The summed E-state index contributed by atoms with van der Waals surface area (Å²) in [6, 6.07) is 0. The van der Waals surface area contributed by atoms with E-state index in [2.05, 4.69) is 0 Å². The summed E-state index contributed by atoms with van der Waals surface area (Å²) in [6.07, 6.45) is 5.39. The highest BCUT2D eigenvalue weighted by Gasteiger charge is 2.27. The number of ether oxygens (including phenoxy) is 1. The Morgan fingerprint density at radius 3 is 2.87 bits per heavy atom. The molecule has 0 aromatic rings. The first-order valence-corrected chi connectivity index (χ1v) is 7.14. The summed E-state index contributed by atoms with van der Waals surface area (Å²) in [6.45, 7) is 0.811. The zero-order chi connectivity index (χ0) is 10.7. The van der Waals surface area contributed by atoms with Crippen molar-refractivity contribution in [1.29, 1.82) is 0 Å². The first-order chi connectivity index (χ1) is 7.25. The van der Waals surface area contributed by atoms with Crippen LogP contribution in [0.25, 0.3) is 0 Å². The van der Waals surface area contributed by atoms with Crippen molar-refractivity contribution in [1.82, 2.24) is 0 Å². The molecule has 1 aliphatic carbocycles. The van der Waals surface area contributed by atoms with Crippen LogP contribution in [-0.2, 0) is 20.3 Å². The number of carbonyl (C=O) groups is 1. The van der Waals surface area contributed by atoms with Gasteiger partial charge in [0.1, 0.15) is 5.78 Å². The molecule has 1 aliphatic heterocycles. The Morgan fingerprint density at radius 2 is 2.20 bits per heavy atom. The van der Waals surface area contributed by atoms with Gasteiger partial charge in [0.2, 0.25) is 0 Å². The molecule has 86 valence electrons. The van der Waals surface area contributed by atoms with E-state index in [0.29, 0.717) is 18.6 Å². The molecule has 0 bridgehead atoms. The molecule has 0 spiro atoms. The lowest BCUT2D eigenvalue weighted by atomic mass is 9.99. The van der Waals surface area contributed by atoms with E-state index in [9.17, 15) is 9.00 Å². The molecule has 3 unspecified atom stereocenters. The summed E-state index contributed by atoms with van der Waals surface area (Å²) in [5, 5.41) is 0.107. The van der Waals surface area contributed by atoms with E-state index >= 15 is 0 Å². The Labute approximate surface area is 93.0 Å². The number of Topliss-reactive ketones (excluding diaryl/α,β-unsaturated/α-hetero) is 1. The molecule has 0 amide bonds. The zero-order valence-electron chi connectivity index (χ0n) is 8.94. The Bertz CT molecular complexity index is 259. The Kier molecular flexibility index (Phi) is 3.92. The molecule has 2 aliphatic rings. The van der Waals surface area contributed by atoms with Crippen LogP contribution in [0.4, 0.5) is 0 Å². The topological polar surface area (TPSA) is 43.4 Å². The summed E-state index contributed by atoms with van der Waals surface area (Å²) >= 11 is 0. The van der Waals surface area contributed by atoms with Crippen molar-refractivity contribution in [2.45, 2.75) is 49.9 Å². The summed E-state index contributed by atoms with van der Waals surface area (Å²) < 4.78 is 17.4. The van der Waals surface area contributed by atoms with Gasteiger partial charge >= 0.3 is 0 Å². The number of hydrogen-bond acceptors (Lipinski definition) is 3. The molecule has 0 radical (unpaired) electrons. The predicted octanol–water partition coefficient (Wildman–Crippen LogP) is 1.43. The van der Waals surface area contributed by atoms with Crippen LogP contribution in [-0.4, -0.2) is 33.7 Å². The Hall–Kier alpha value is -0.220. The molecule has 15 heavy (non-hydrogen) atoms. The van der Waals surface area contributed by atoms with E-state index in [0.717, 1.165) is 32.3 Å². The maximum Gasteiger partial charge on any atom is 0.134 e. The molecule has 4 heteroatoms. The fourth-order valence-electron chi connectivity index (χ4n) is 2.30. The average Bonchev–Trinajstić information content (AvgIpc) is 2.70. The molecule has 1 saturated heterocycles. The predicted molar refractivity (Wildman–Crippen MR) is 59.2 cm³/mol. The van der Waals surface area contributed by atoms with Gasteiger partial charge in [0.25, 0.3) is 0 Å². The van der Waals surface area contributed by atoms with Crippen LogP contribution in [0.2, 0.25) is 0 Å². The average molecular weight is 230 g/mol. The largest absolute Gasteiger partial charge is 0.377 e. The molecule has 0 N–H and O–H groups in total. The fourth-order valence-corrected chi connectivity index (χ4v) is 4.01. The lowest BCUT2D eigenvalue weighted by Crippen LogP contribution is -2.29. The molecule has 0 aromatic carbocycles. The first-order valence-electron chi connectivity index (χ1n) is 5.76. The third kappa shape index (κ3) is 3.11. The first kappa shape index (κ1) is 11.3. The van der Waals surface area contributed by atoms with Crippen LogP contribution in [0, 0.1) is 0 Å². The highest BCUT2D eigenvalue weighted by atomic mass is 32.2. The highest BCUT2D eigenvalue weighted by molar-refractivity contribution is 7.85. The van der Waals surface area contributed by atoms with Crippen molar-refractivity contribution >= 4 is 16.6 Å². The second kappa shape index (κ2) is 5.21. The van der Waals surface area contributed by atoms with Gasteiger partial charge in [0, 0.05) is 35.5 Å². The van der Waals surface area contributed by atoms with Gasteiger partial charge in [-0.3, -0.25) is 9.00 Å². The van der Waals surface area contributed by atoms with Crippen molar-refractivity contribution in [3.05, 3.63) is 0 Å². The van der Waals surface area contributed by atoms with Gasteiger partial charge < -0.3 is 4.74 Å². The van der Waals surface area contributed by atoms with Crippen LogP contribution >= 0.6 is 0 Å². The van der Waals surface area contributed by atoms with Gasteiger partial charge in [-0.15, -0.1) is 0 Å². The third-order valence-electron chi connectivity index (χ3n) is 3.18. The standard InChI is InChI=1S/C11H18O3S/c12-9-3-1-5-11(7-9)15(13)8-10-4-2-6-14-10/h10-11H,1-8H2. The minimum atomic E-state index is -0.863. The third-order valence-corrected chi connectivity index (χ3v) is 5.03. The zero-order valence-corrected chi connectivity index (χ0v) is 9.76. The molecular formula is C11H18O3S. The van der Waals surface area contributed by atoms with E-state index < -0.39 is 10.8 Å². The summed E-state index contributed by atoms with van der Waals surface area (Å²) in [5.74, 6) is 0.921. The fraction of sp³-hybridized carbons (Fsp3) is 0.909. The van der Waals surface area contributed by atoms with Gasteiger partial charge in [-0.05, 0) is 25.7 Å².